The normalized spacial score (nSPS) is 11.3. The van der Waals surface area contributed by atoms with Crippen molar-refractivity contribution in [2.24, 2.45) is 15.4 Å². The van der Waals surface area contributed by atoms with Gasteiger partial charge >= 0.3 is 0 Å². The second-order valence-corrected chi connectivity index (χ2v) is 13.4. The van der Waals surface area contributed by atoms with Gasteiger partial charge in [0.25, 0.3) is 0 Å². The number of nitrogens with one attached hydrogen (secondary N) is 1. The first kappa shape index (κ1) is 37.1. The number of aromatic nitrogens is 2. The van der Waals surface area contributed by atoms with Gasteiger partial charge < -0.3 is 24.1 Å². The Balaban J connectivity index is 0.793. The number of aromatic hydroxyl groups is 1. The molecule has 0 amide bonds. The second-order valence-electron chi connectivity index (χ2n) is 13.4. The summed E-state index contributed by atoms with van der Waals surface area (Å²) in [5, 5.41) is 32.7. The van der Waals surface area contributed by atoms with Gasteiger partial charge in [-0.2, -0.15) is 5.11 Å². The Morgan fingerprint density at radius 3 is 1.97 bits per heavy atom. The first-order valence-electron chi connectivity index (χ1n) is 18.8. The van der Waals surface area contributed by atoms with Gasteiger partial charge in [-0.1, -0.05) is 84.0 Å². The van der Waals surface area contributed by atoms with Crippen molar-refractivity contribution in [1.29, 1.82) is 0 Å². The van der Waals surface area contributed by atoms with Crippen molar-refractivity contribution >= 4 is 51.3 Å². The SMILES string of the molecule is Cc1nnc(-c2ccc(N=Nc3c(O)ccc4cc(CON=CONc5ccc(CCc6ccc(N(c7ccccc7)c7ccccc7)cc6)cc5)ccc34)cc2)o1. The fraction of sp³-hybridized carbons (Fsp3) is 0.0851. The van der Waals surface area contributed by atoms with Crippen molar-refractivity contribution in [3.05, 3.63) is 186 Å². The molecule has 286 valence electrons. The Morgan fingerprint density at radius 2 is 1.31 bits per heavy atom. The van der Waals surface area contributed by atoms with Crippen LogP contribution < -0.4 is 10.4 Å². The van der Waals surface area contributed by atoms with Crippen LogP contribution in [0.5, 0.6) is 5.75 Å². The predicted octanol–water partition coefficient (Wildman–Crippen LogP) is 12.1. The number of aryl methyl sites for hydroxylation is 3. The summed E-state index contributed by atoms with van der Waals surface area (Å²) in [6.07, 6.45) is 3.05. The summed E-state index contributed by atoms with van der Waals surface area (Å²) in [5.74, 6) is 0.956. The number of phenols is 1. The van der Waals surface area contributed by atoms with Crippen molar-refractivity contribution in [3.63, 3.8) is 0 Å². The lowest BCUT2D eigenvalue weighted by Gasteiger charge is -2.25. The molecule has 11 nitrogen and oxygen atoms in total. The van der Waals surface area contributed by atoms with Crippen molar-refractivity contribution < 1.29 is 19.2 Å². The van der Waals surface area contributed by atoms with Gasteiger partial charge in [-0.25, -0.2) is 5.48 Å². The van der Waals surface area contributed by atoms with Crippen LogP contribution in [-0.4, -0.2) is 21.7 Å². The molecule has 0 radical (unpaired) electrons. The van der Waals surface area contributed by atoms with E-state index in [2.05, 4.69) is 121 Å². The average Bonchev–Trinajstić information content (AvgIpc) is 3.71. The first-order chi connectivity index (χ1) is 28.6. The number of para-hydroxylation sites is 2. The minimum Gasteiger partial charge on any atom is -0.506 e. The number of nitrogens with zero attached hydrogens (tertiary/aromatic N) is 6. The van der Waals surface area contributed by atoms with Crippen LogP contribution >= 0.6 is 0 Å². The lowest BCUT2D eigenvalue weighted by molar-refractivity contribution is 0.125. The number of azo groups is 1. The second kappa shape index (κ2) is 17.8. The number of phenolic OH excluding ortho intramolecular Hbond substituents is 1. The number of hydrogen-bond acceptors (Lipinski definition) is 11. The Bertz CT molecular complexity index is 2590. The van der Waals surface area contributed by atoms with E-state index in [4.69, 9.17) is 14.1 Å². The van der Waals surface area contributed by atoms with E-state index in [1.165, 1.54) is 17.5 Å². The molecule has 0 bridgehead atoms. The monoisotopic (exact) mass is 765 g/mol. The standard InChI is InChI=1S/C47H39N7O4/c1-33-49-52-47(58-33)37-19-24-39(25-20-37)50-51-46-44-28-18-36(30-38(44)21-29-45(46)55)31-56-48-32-57-53-40-22-14-34(15-23-40)12-13-35-16-26-43(27-17-35)54(41-8-4-2-5-9-41)42-10-6-3-7-11-42/h2-11,14-30,32,53,55H,12-13,31H2,1H3. The van der Waals surface area contributed by atoms with Crippen molar-refractivity contribution in [2.75, 3.05) is 10.4 Å². The van der Waals surface area contributed by atoms with E-state index in [0.717, 1.165) is 57.5 Å². The average molecular weight is 766 g/mol. The predicted molar refractivity (Wildman–Crippen MR) is 227 cm³/mol. The highest BCUT2D eigenvalue weighted by atomic mass is 16.7. The van der Waals surface area contributed by atoms with Crippen LogP contribution in [0, 0.1) is 6.92 Å². The zero-order chi connectivity index (χ0) is 39.5. The minimum absolute atomic E-state index is 0.0268. The van der Waals surface area contributed by atoms with Crippen LogP contribution in [-0.2, 0) is 29.1 Å². The van der Waals surface area contributed by atoms with Gasteiger partial charge in [0.1, 0.15) is 18.0 Å². The summed E-state index contributed by atoms with van der Waals surface area (Å²) >= 11 is 0. The molecule has 1 heterocycles. The maximum Gasteiger partial charge on any atom is 0.247 e. The lowest BCUT2D eigenvalue weighted by Crippen LogP contribution is -2.09. The molecule has 11 heteroatoms. The third-order valence-corrected chi connectivity index (χ3v) is 9.40. The molecule has 0 atom stereocenters. The van der Waals surface area contributed by atoms with E-state index in [1.54, 1.807) is 25.1 Å². The van der Waals surface area contributed by atoms with Gasteiger partial charge in [0.15, 0.2) is 0 Å². The summed E-state index contributed by atoms with van der Waals surface area (Å²) in [6, 6.07) is 54.1. The van der Waals surface area contributed by atoms with Crippen molar-refractivity contribution in [1.82, 2.24) is 10.2 Å². The topological polar surface area (TPSA) is 130 Å². The Labute approximate surface area is 335 Å². The molecule has 2 N–H and O–H groups in total. The number of oxime groups is 1. The fourth-order valence-corrected chi connectivity index (χ4v) is 6.44. The molecule has 0 unspecified atom stereocenters. The Hall–Kier alpha value is -7.79. The molecule has 58 heavy (non-hydrogen) atoms. The van der Waals surface area contributed by atoms with E-state index < -0.39 is 0 Å². The Morgan fingerprint density at radius 1 is 0.672 bits per heavy atom. The van der Waals surface area contributed by atoms with E-state index in [0.29, 0.717) is 23.2 Å². The number of hydrogen-bond donors (Lipinski definition) is 2. The van der Waals surface area contributed by atoms with Gasteiger partial charge in [-0.3, -0.25) is 0 Å². The molecule has 0 saturated heterocycles. The summed E-state index contributed by atoms with van der Waals surface area (Å²) in [6.45, 7) is 1.96. The summed E-state index contributed by atoms with van der Waals surface area (Å²) in [4.78, 5) is 13.1. The number of fused-ring (bicyclic) bond motifs is 1. The molecule has 8 rings (SSSR count). The van der Waals surface area contributed by atoms with Crippen molar-refractivity contribution in [3.8, 4) is 17.2 Å². The van der Waals surface area contributed by atoms with Gasteiger partial charge in [0, 0.05) is 34.9 Å². The molecule has 0 saturated carbocycles. The highest BCUT2D eigenvalue weighted by Gasteiger charge is 2.12. The first-order valence-corrected chi connectivity index (χ1v) is 18.8. The molecule has 0 aliphatic heterocycles. The number of benzene rings is 7. The van der Waals surface area contributed by atoms with Crippen LogP contribution in [0.1, 0.15) is 22.6 Å². The van der Waals surface area contributed by atoms with Crippen LogP contribution in [0.4, 0.5) is 34.1 Å². The zero-order valence-electron chi connectivity index (χ0n) is 31.6. The van der Waals surface area contributed by atoms with Gasteiger partial charge in [0.2, 0.25) is 18.2 Å². The van der Waals surface area contributed by atoms with E-state index in [1.807, 2.05) is 60.7 Å². The molecular weight excluding hydrogens is 727 g/mol. The lowest BCUT2D eigenvalue weighted by atomic mass is 10.0. The third kappa shape index (κ3) is 9.18. The molecular formula is C47H39N7O4. The largest absolute Gasteiger partial charge is 0.506 e. The van der Waals surface area contributed by atoms with E-state index in [-0.39, 0.29) is 12.4 Å². The minimum atomic E-state index is 0.0268. The quantitative estimate of drug-likeness (QED) is 0.0456. The van der Waals surface area contributed by atoms with Crippen LogP contribution in [0.25, 0.3) is 22.2 Å². The molecule has 7 aromatic carbocycles. The zero-order valence-corrected chi connectivity index (χ0v) is 31.6. The number of anilines is 4. The highest BCUT2D eigenvalue weighted by Crippen LogP contribution is 2.37. The van der Waals surface area contributed by atoms with E-state index in [9.17, 15) is 5.11 Å². The molecule has 0 aliphatic carbocycles. The van der Waals surface area contributed by atoms with Crippen molar-refractivity contribution in [2.45, 2.75) is 26.4 Å². The van der Waals surface area contributed by atoms with E-state index >= 15 is 0 Å². The van der Waals surface area contributed by atoms with Crippen LogP contribution in [0.2, 0.25) is 0 Å². The maximum atomic E-state index is 10.6. The maximum absolute atomic E-state index is 10.6. The summed E-state index contributed by atoms with van der Waals surface area (Å²) in [7, 11) is 0. The van der Waals surface area contributed by atoms with Crippen LogP contribution in [0.15, 0.2) is 184 Å². The Kier molecular flexibility index (Phi) is 11.4. The molecule has 1 aromatic heterocycles. The van der Waals surface area contributed by atoms with Gasteiger partial charge in [-0.05, 0) is 120 Å². The van der Waals surface area contributed by atoms with Gasteiger partial charge in [0.05, 0.1) is 11.4 Å². The smallest absolute Gasteiger partial charge is 0.247 e. The highest BCUT2D eigenvalue weighted by molar-refractivity contribution is 5.95. The molecule has 0 fully saturated rings. The third-order valence-electron chi connectivity index (χ3n) is 9.40. The molecule has 8 aromatic rings. The summed E-state index contributed by atoms with van der Waals surface area (Å²) in [5.41, 5.74) is 12.2. The summed E-state index contributed by atoms with van der Waals surface area (Å²) < 4.78 is 5.48. The molecule has 0 spiro atoms. The molecule has 0 aliphatic rings. The number of rotatable bonds is 15. The van der Waals surface area contributed by atoms with Gasteiger partial charge in [-0.15, -0.1) is 15.3 Å². The van der Waals surface area contributed by atoms with Crippen LogP contribution in [0.3, 0.4) is 0 Å². The fourth-order valence-electron chi connectivity index (χ4n) is 6.44.